The molecule has 4 nitrogen and oxygen atoms in total. The third kappa shape index (κ3) is 2.87. The molecule has 82 valence electrons. The van der Waals surface area contributed by atoms with Crippen molar-refractivity contribution in [1.82, 2.24) is 0 Å². The molecule has 0 heterocycles. The number of anilines is 1. The molecule has 0 radical (unpaired) electrons. The lowest BCUT2D eigenvalue weighted by atomic mass is 10.1. The molecular weight excluding hydrogens is 194 g/mol. The number of carboxylic acid groups (broad SMARTS) is 1. The van der Waals surface area contributed by atoms with Crippen LogP contribution < -0.4 is 10.1 Å². The van der Waals surface area contributed by atoms with E-state index in [1.165, 1.54) is 13.8 Å². The van der Waals surface area contributed by atoms with Gasteiger partial charge in [0.15, 0.2) is 5.60 Å². The number of carbonyl (C=O) groups is 1. The van der Waals surface area contributed by atoms with Gasteiger partial charge in [-0.2, -0.15) is 0 Å². The van der Waals surface area contributed by atoms with Crippen LogP contribution in [0.25, 0.3) is 0 Å². The van der Waals surface area contributed by atoms with E-state index in [9.17, 15) is 4.79 Å². The maximum atomic E-state index is 10.8. The molecule has 15 heavy (non-hydrogen) atoms. The highest BCUT2D eigenvalue weighted by Crippen LogP contribution is 2.21. The van der Waals surface area contributed by atoms with Gasteiger partial charge in [0.25, 0.3) is 0 Å². The monoisotopic (exact) mass is 209 g/mol. The summed E-state index contributed by atoms with van der Waals surface area (Å²) in [6, 6.07) is 7.16. The first-order valence-corrected chi connectivity index (χ1v) is 4.66. The standard InChI is InChI=1S/C11H15NO3/c1-11(2,10(13)14)15-9-6-4-5-8(7-9)12-3/h4-7,12H,1-3H3,(H,13,14). The number of rotatable bonds is 4. The SMILES string of the molecule is CNc1cccc(OC(C)(C)C(=O)O)c1. The van der Waals surface area contributed by atoms with E-state index >= 15 is 0 Å². The number of benzene rings is 1. The first kappa shape index (κ1) is 11.4. The van der Waals surface area contributed by atoms with Gasteiger partial charge in [-0.1, -0.05) is 6.07 Å². The van der Waals surface area contributed by atoms with E-state index in [2.05, 4.69) is 5.32 Å². The van der Waals surface area contributed by atoms with Gasteiger partial charge < -0.3 is 15.2 Å². The van der Waals surface area contributed by atoms with Gasteiger partial charge in [0.1, 0.15) is 5.75 Å². The molecule has 0 aliphatic carbocycles. The third-order valence-corrected chi connectivity index (χ3v) is 2.01. The van der Waals surface area contributed by atoms with Crippen LogP contribution in [0.5, 0.6) is 5.75 Å². The summed E-state index contributed by atoms with van der Waals surface area (Å²) in [6.45, 7) is 3.03. The number of hydrogen-bond donors (Lipinski definition) is 2. The summed E-state index contributed by atoms with van der Waals surface area (Å²) >= 11 is 0. The van der Waals surface area contributed by atoms with E-state index in [1.54, 1.807) is 25.2 Å². The first-order valence-electron chi connectivity index (χ1n) is 4.66. The Morgan fingerprint density at radius 3 is 2.67 bits per heavy atom. The highest BCUT2D eigenvalue weighted by Gasteiger charge is 2.29. The maximum Gasteiger partial charge on any atom is 0.347 e. The number of aliphatic carboxylic acids is 1. The number of nitrogens with one attached hydrogen (secondary N) is 1. The molecule has 1 aromatic rings. The normalized spacial score (nSPS) is 10.9. The second-order valence-electron chi connectivity index (χ2n) is 3.70. The summed E-state index contributed by atoms with van der Waals surface area (Å²) in [4.78, 5) is 10.8. The van der Waals surface area contributed by atoms with Crippen LogP contribution in [0.15, 0.2) is 24.3 Å². The molecule has 2 N–H and O–H groups in total. The largest absolute Gasteiger partial charge is 0.478 e. The lowest BCUT2D eigenvalue weighted by molar-refractivity contribution is -0.152. The van der Waals surface area contributed by atoms with Crippen molar-refractivity contribution < 1.29 is 14.6 Å². The highest BCUT2D eigenvalue weighted by molar-refractivity contribution is 5.76. The van der Waals surface area contributed by atoms with Gasteiger partial charge in [-0.15, -0.1) is 0 Å². The van der Waals surface area contributed by atoms with Gasteiger partial charge in [0.05, 0.1) is 0 Å². The van der Waals surface area contributed by atoms with E-state index in [4.69, 9.17) is 9.84 Å². The van der Waals surface area contributed by atoms with Crippen molar-refractivity contribution >= 4 is 11.7 Å². The fraction of sp³-hybridized carbons (Fsp3) is 0.364. The molecule has 0 atom stereocenters. The van der Waals surface area contributed by atoms with Crippen molar-refractivity contribution in [3.8, 4) is 5.75 Å². The minimum Gasteiger partial charge on any atom is -0.478 e. The summed E-state index contributed by atoms with van der Waals surface area (Å²) < 4.78 is 5.37. The van der Waals surface area contributed by atoms with Crippen LogP contribution in [0.2, 0.25) is 0 Å². The molecule has 0 saturated heterocycles. The van der Waals surface area contributed by atoms with Crippen LogP contribution in [-0.2, 0) is 4.79 Å². The number of ether oxygens (including phenoxy) is 1. The van der Waals surface area contributed by atoms with Crippen LogP contribution in [0.1, 0.15) is 13.8 Å². The van der Waals surface area contributed by atoms with Crippen LogP contribution in [0, 0.1) is 0 Å². The average molecular weight is 209 g/mol. The highest BCUT2D eigenvalue weighted by atomic mass is 16.5. The molecule has 0 fully saturated rings. The predicted molar refractivity (Wildman–Crippen MR) is 58.3 cm³/mol. The third-order valence-electron chi connectivity index (χ3n) is 2.01. The zero-order valence-corrected chi connectivity index (χ0v) is 9.07. The molecular formula is C11H15NO3. The fourth-order valence-electron chi connectivity index (χ4n) is 1.05. The topological polar surface area (TPSA) is 58.6 Å². The predicted octanol–water partition coefficient (Wildman–Crippen LogP) is 1.97. The molecule has 0 saturated carbocycles. The minimum atomic E-state index is -1.22. The molecule has 1 rings (SSSR count). The molecule has 0 aliphatic heterocycles. The zero-order chi connectivity index (χ0) is 11.5. The van der Waals surface area contributed by atoms with E-state index in [-0.39, 0.29) is 0 Å². The Kier molecular flexibility index (Phi) is 3.19. The Balaban J connectivity index is 2.85. The Hall–Kier alpha value is -1.71. The van der Waals surface area contributed by atoms with E-state index < -0.39 is 11.6 Å². The molecule has 1 aromatic carbocycles. The van der Waals surface area contributed by atoms with Crippen LogP contribution in [-0.4, -0.2) is 23.7 Å². The minimum absolute atomic E-state index is 0.536. The van der Waals surface area contributed by atoms with Crippen molar-refractivity contribution in [2.75, 3.05) is 12.4 Å². The Morgan fingerprint density at radius 2 is 2.13 bits per heavy atom. The van der Waals surface area contributed by atoms with E-state index in [0.717, 1.165) is 5.69 Å². The summed E-state index contributed by atoms with van der Waals surface area (Å²) in [5.41, 5.74) is -0.333. The van der Waals surface area contributed by atoms with Crippen LogP contribution in [0.3, 0.4) is 0 Å². The van der Waals surface area contributed by atoms with Gasteiger partial charge in [0, 0.05) is 18.8 Å². The van der Waals surface area contributed by atoms with Crippen LogP contribution >= 0.6 is 0 Å². The maximum absolute atomic E-state index is 10.8. The molecule has 0 aromatic heterocycles. The van der Waals surface area contributed by atoms with Gasteiger partial charge in [0.2, 0.25) is 0 Å². The van der Waals surface area contributed by atoms with E-state index in [0.29, 0.717) is 5.75 Å². The zero-order valence-electron chi connectivity index (χ0n) is 9.07. The summed E-state index contributed by atoms with van der Waals surface area (Å²) in [5, 5.41) is 11.8. The van der Waals surface area contributed by atoms with Crippen molar-refractivity contribution in [1.29, 1.82) is 0 Å². The summed E-state index contributed by atoms with van der Waals surface area (Å²) in [5.74, 6) is -0.452. The van der Waals surface area contributed by atoms with Crippen molar-refractivity contribution in [2.24, 2.45) is 0 Å². The second-order valence-corrected chi connectivity index (χ2v) is 3.70. The molecule has 0 spiro atoms. The van der Waals surface area contributed by atoms with Crippen LogP contribution in [0.4, 0.5) is 5.69 Å². The summed E-state index contributed by atoms with van der Waals surface area (Å²) in [7, 11) is 1.79. The van der Waals surface area contributed by atoms with Gasteiger partial charge >= 0.3 is 5.97 Å². The average Bonchev–Trinajstić information content (AvgIpc) is 2.17. The Morgan fingerprint density at radius 1 is 1.47 bits per heavy atom. The van der Waals surface area contributed by atoms with Crippen molar-refractivity contribution in [3.63, 3.8) is 0 Å². The Labute approximate surface area is 88.9 Å². The van der Waals surface area contributed by atoms with Gasteiger partial charge in [-0.05, 0) is 26.0 Å². The molecule has 0 amide bonds. The van der Waals surface area contributed by atoms with Gasteiger partial charge in [-0.3, -0.25) is 0 Å². The van der Waals surface area contributed by atoms with Crippen molar-refractivity contribution in [3.05, 3.63) is 24.3 Å². The number of hydrogen-bond acceptors (Lipinski definition) is 3. The fourth-order valence-corrected chi connectivity index (χ4v) is 1.05. The lowest BCUT2D eigenvalue weighted by Gasteiger charge is -2.21. The number of carboxylic acids is 1. The molecule has 0 unspecified atom stereocenters. The quantitative estimate of drug-likeness (QED) is 0.796. The van der Waals surface area contributed by atoms with E-state index in [1.807, 2.05) is 6.07 Å². The molecule has 0 bridgehead atoms. The lowest BCUT2D eigenvalue weighted by Crippen LogP contribution is -2.37. The summed E-state index contributed by atoms with van der Waals surface area (Å²) in [6.07, 6.45) is 0. The molecule has 4 heteroatoms. The smallest absolute Gasteiger partial charge is 0.347 e. The Bertz CT molecular complexity index is 361. The van der Waals surface area contributed by atoms with Crippen molar-refractivity contribution in [2.45, 2.75) is 19.4 Å². The second kappa shape index (κ2) is 4.21. The molecule has 0 aliphatic rings. The first-order chi connectivity index (χ1) is 6.95. The van der Waals surface area contributed by atoms with Gasteiger partial charge in [-0.25, -0.2) is 4.79 Å².